The molecule has 0 radical (unpaired) electrons. The van der Waals surface area contributed by atoms with Crippen molar-refractivity contribution in [3.05, 3.63) is 53.5 Å². The lowest BCUT2D eigenvalue weighted by Crippen LogP contribution is -2.27. The molecule has 0 unspecified atom stereocenters. The Kier molecular flexibility index (Phi) is 5.92. The molecule has 1 aromatic heterocycles. The summed E-state index contributed by atoms with van der Waals surface area (Å²) in [5.41, 5.74) is 0.465. The Bertz CT molecular complexity index is 597. The molecular formula is C14H16ClN3O3. The van der Waals surface area contributed by atoms with E-state index in [1.165, 1.54) is 23.0 Å². The maximum absolute atomic E-state index is 12.2. The van der Waals surface area contributed by atoms with Crippen LogP contribution in [0.3, 0.4) is 0 Å². The van der Waals surface area contributed by atoms with Crippen molar-refractivity contribution < 1.29 is 14.3 Å². The van der Waals surface area contributed by atoms with Gasteiger partial charge in [-0.3, -0.25) is 9.48 Å². The number of rotatable bonds is 6. The Hall–Kier alpha value is -2.34. The monoisotopic (exact) mass is 309 g/mol. The number of hydrogen-bond acceptors (Lipinski definition) is 4. The zero-order valence-corrected chi connectivity index (χ0v) is 12.6. The van der Waals surface area contributed by atoms with Crippen molar-refractivity contribution in [3.63, 3.8) is 0 Å². The van der Waals surface area contributed by atoms with Crippen molar-refractivity contribution in [1.82, 2.24) is 15.1 Å². The second-order valence-electron chi connectivity index (χ2n) is 3.87. The van der Waals surface area contributed by atoms with Gasteiger partial charge in [-0.2, -0.15) is 5.10 Å². The Morgan fingerprint density at radius 2 is 2.14 bits per heavy atom. The van der Waals surface area contributed by atoms with Crippen molar-refractivity contribution in [3.8, 4) is 0 Å². The minimum absolute atomic E-state index is 0.110. The summed E-state index contributed by atoms with van der Waals surface area (Å²) in [6, 6.07) is 0. The minimum Gasteiger partial charge on any atom is -0.462 e. The van der Waals surface area contributed by atoms with Crippen LogP contribution in [-0.4, -0.2) is 28.3 Å². The van der Waals surface area contributed by atoms with Gasteiger partial charge in [0.05, 0.1) is 29.1 Å². The molecule has 0 spiro atoms. The second-order valence-corrected chi connectivity index (χ2v) is 4.28. The van der Waals surface area contributed by atoms with Gasteiger partial charge in [0.25, 0.3) is 5.91 Å². The molecule has 0 aliphatic rings. The Morgan fingerprint density at radius 1 is 1.48 bits per heavy atom. The summed E-state index contributed by atoms with van der Waals surface area (Å²) >= 11 is 5.89. The third-order valence-electron chi connectivity index (χ3n) is 2.55. The highest BCUT2D eigenvalue weighted by molar-refractivity contribution is 6.33. The molecule has 0 bridgehead atoms. The number of nitrogens with one attached hydrogen (secondary N) is 1. The van der Waals surface area contributed by atoms with Crippen molar-refractivity contribution >= 4 is 23.5 Å². The summed E-state index contributed by atoms with van der Waals surface area (Å²) in [6.45, 7) is 9.00. The first-order valence-corrected chi connectivity index (χ1v) is 6.49. The van der Waals surface area contributed by atoms with Crippen LogP contribution in [0.25, 0.3) is 0 Å². The van der Waals surface area contributed by atoms with Gasteiger partial charge in [-0.05, 0) is 13.0 Å². The van der Waals surface area contributed by atoms with Gasteiger partial charge in [-0.25, -0.2) is 4.79 Å². The van der Waals surface area contributed by atoms with Gasteiger partial charge in [0.15, 0.2) is 0 Å². The fourth-order valence-corrected chi connectivity index (χ4v) is 1.84. The van der Waals surface area contributed by atoms with E-state index in [2.05, 4.69) is 23.6 Å². The number of nitrogens with zero attached hydrogens (tertiary/aromatic N) is 2. The molecule has 112 valence electrons. The Morgan fingerprint density at radius 3 is 2.57 bits per heavy atom. The Labute approximate surface area is 127 Å². The van der Waals surface area contributed by atoms with Crippen molar-refractivity contribution in [2.75, 3.05) is 6.61 Å². The molecule has 1 N–H and O–H groups in total. The summed E-state index contributed by atoms with van der Waals surface area (Å²) in [5.74, 6) is -1.11. The van der Waals surface area contributed by atoms with E-state index in [4.69, 9.17) is 16.3 Å². The lowest BCUT2D eigenvalue weighted by molar-refractivity contribution is -0.138. The van der Waals surface area contributed by atoms with Gasteiger partial charge in [-0.15, -0.1) is 0 Å². The third kappa shape index (κ3) is 3.82. The molecule has 0 atom stereocenters. The van der Waals surface area contributed by atoms with E-state index in [9.17, 15) is 9.59 Å². The van der Waals surface area contributed by atoms with Crippen LogP contribution in [-0.2, 0) is 16.6 Å². The van der Waals surface area contributed by atoms with Gasteiger partial charge in [-0.1, -0.05) is 30.8 Å². The van der Waals surface area contributed by atoms with Gasteiger partial charge < -0.3 is 10.1 Å². The molecule has 1 heterocycles. The molecule has 0 saturated heterocycles. The van der Waals surface area contributed by atoms with Crippen LogP contribution >= 0.6 is 11.6 Å². The molecule has 0 aliphatic heterocycles. The summed E-state index contributed by atoms with van der Waals surface area (Å²) < 4.78 is 6.22. The zero-order chi connectivity index (χ0) is 16.0. The second kappa shape index (κ2) is 7.44. The molecular weight excluding hydrogens is 294 g/mol. The largest absolute Gasteiger partial charge is 0.462 e. The number of ether oxygens (including phenoxy) is 1. The molecule has 21 heavy (non-hydrogen) atoms. The molecule has 7 heteroatoms. The van der Waals surface area contributed by atoms with E-state index in [0.29, 0.717) is 0 Å². The third-order valence-corrected chi connectivity index (χ3v) is 2.83. The maximum Gasteiger partial charge on any atom is 0.340 e. The van der Waals surface area contributed by atoms with Gasteiger partial charge in [0, 0.05) is 7.05 Å². The number of carbonyl (C=O) groups is 2. The number of allylic oxidation sites excluding steroid dienone is 1. The van der Waals surface area contributed by atoms with Gasteiger partial charge in [0.1, 0.15) is 5.69 Å². The minimum atomic E-state index is -0.598. The fraction of sp³-hybridized carbons (Fsp3) is 0.214. The van der Waals surface area contributed by atoms with Gasteiger partial charge in [0.2, 0.25) is 0 Å². The van der Waals surface area contributed by atoms with E-state index in [0.717, 1.165) is 0 Å². The lowest BCUT2D eigenvalue weighted by Gasteiger charge is -2.10. The molecule has 0 saturated carbocycles. The molecule has 6 nitrogen and oxygen atoms in total. The zero-order valence-electron chi connectivity index (χ0n) is 11.9. The first-order valence-electron chi connectivity index (χ1n) is 6.11. The standard InChI is InChI=1S/C14H16ClN3O3/c1-5-9(14(20)21-7-3)11(6-2)17-13(19)12-10(15)8-16-18(12)4/h5-6,8H,1-2,7H2,3-4H3,(H,17,19)/b11-9-. The van der Waals surface area contributed by atoms with Crippen LogP contribution < -0.4 is 5.32 Å². The molecule has 1 amide bonds. The Balaban J connectivity index is 3.11. The van der Waals surface area contributed by atoms with Gasteiger partial charge >= 0.3 is 5.97 Å². The molecule has 0 aliphatic carbocycles. The predicted molar refractivity (Wildman–Crippen MR) is 79.7 cm³/mol. The highest BCUT2D eigenvalue weighted by Gasteiger charge is 2.19. The van der Waals surface area contributed by atoms with Crippen molar-refractivity contribution in [1.29, 1.82) is 0 Å². The first-order chi connectivity index (χ1) is 9.96. The summed E-state index contributed by atoms with van der Waals surface area (Å²) in [6.07, 6.45) is 3.98. The number of amides is 1. The number of aromatic nitrogens is 2. The molecule has 0 fully saturated rings. The SMILES string of the molecule is C=C/C(NC(=O)c1c(Cl)cnn1C)=C(\C=C)C(=O)OCC. The highest BCUT2D eigenvalue weighted by Crippen LogP contribution is 2.15. The quantitative estimate of drug-likeness (QED) is 0.495. The topological polar surface area (TPSA) is 73.2 Å². The first kappa shape index (κ1) is 16.7. The van der Waals surface area contributed by atoms with Crippen molar-refractivity contribution in [2.24, 2.45) is 7.05 Å². The normalized spacial score (nSPS) is 11.4. The number of halogens is 1. The average Bonchev–Trinajstić information content (AvgIpc) is 2.78. The number of esters is 1. The summed E-state index contributed by atoms with van der Waals surface area (Å²) in [4.78, 5) is 24.0. The number of carbonyl (C=O) groups excluding carboxylic acids is 2. The lowest BCUT2D eigenvalue weighted by atomic mass is 10.2. The summed E-state index contributed by atoms with van der Waals surface area (Å²) in [7, 11) is 1.58. The van der Waals surface area contributed by atoms with Crippen LogP contribution in [0.5, 0.6) is 0 Å². The van der Waals surface area contributed by atoms with Crippen LogP contribution in [0, 0.1) is 0 Å². The average molecular weight is 310 g/mol. The summed E-state index contributed by atoms with van der Waals surface area (Å²) in [5, 5.41) is 6.62. The fourth-order valence-electron chi connectivity index (χ4n) is 1.59. The van der Waals surface area contributed by atoms with E-state index in [1.807, 2.05) is 0 Å². The number of hydrogen-bond donors (Lipinski definition) is 1. The van der Waals surface area contributed by atoms with Crippen LogP contribution in [0.15, 0.2) is 42.8 Å². The van der Waals surface area contributed by atoms with E-state index >= 15 is 0 Å². The maximum atomic E-state index is 12.2. The highest BCUT2D eigenvalue weighted by atomic mass is 35.5. The predicted octanol–water partition coefficient (Wildman–Crippen LogP) is 1.99. The number of aryl methyl sites for hydroxylation is 1. The van der Waals surface area contributed by atoms with Crippen LogP contribution in [0.2, 0.25) is 5.02 Å². The van der Waals surface area contributed by atoms with E-state index in [-0.39, 0.29) is 28.6 Å². The molecule has 0 aromatic carbocycles. The van der Waals surface area contributed by atoms with E-state index < -0.39 is 11.9 Å². The molecule has 1 rings (SSSR count). The van der Waals surface area contributed by atoms with E-state index in [1.54, 1.807) is 14.0 Å². The van der Waals surface area contributed by atoms with Crippen LogP contribution in [0.4, 0.5) is 0 Å². The smallest absolute Gasteiger partial charge is 0.340 e. The van der Waals surface area contributed by atoms with Crippen LogP contribution in [0.1, 0.15) is 17.4 Å². The molecule has 1 aromatic rings. The van der Waals surface area contributed by atoms with Crippen molar-refractivity contribution in [2.45, 2.75) is 6.92 Å².